The molecule has 2 aliphatic heterocycles. The fraction of sp³-hybridized carbons (Fsp3) is 0.517. The van der Waals surface area contributed by atoms with Crippen molar-refractivity contribution in [3.05, 3.63) is 59.7 Å². The number of ether oxygens (including phenoxy) is 3. The zero-order valence-corrected chi connectivity index (χ0v) is 21.4. The lowest BCUT2D eigenvalue weighted by Gasteiger charge is -2.47. The molecule has 7 nitrogen and oxygen atoms in total. The van der Waals surface area contributed by atoms with Crippen LogP contribution >= 0.6 is 0 Å². The van der Waals surface area contributed by atoms with E-state index in [-0.39, 0.29) is 30.2 Å². The van der Waals surface area contributed by atoms with Crippen LogP contribution in [-0.4, -0.2) is 61.1 Å². The number of carbonyl (C=O) groups is 2. The summed E-state index contributed by atoms with van der Waals surface area (Å²) in [4.78, 5) is 27.2. The van der Waals surface area contributed by atoms with E-state index in [4.69, 9.17) is 14.2 Å². The average molecular weight is 493 g/mol. The third kappa shape index (κ3) is 5.21. The summed E-state index contributed by atoms with van der Waals surface area (Å²) in [5.41, 5.74) is 4.37. The van der Waals surface area contributed by atoms with E-state index in [1.165, 1.54) is 22.3 Å². The first-order valence-electron chi connectivity index (χ1n) is 13.0. The monoisotopic (exact) mass is 492 g/mol. The van der Waals surface area contributed by atoms with Gasteiger partial charge in [-0.15, -0.1) is 0 Å². The largest absolute Gasteiger partial charge is 0.448 e. The molecule has 2 atom stereocenters. The van der Waals surface area contributed by atoms with Crippen LogP contribution in [0.3, 0.4) is 0 Å². The van der Waals surface area contributed by atoms with E-state index in [2.05, 4.69) is 41.7 Å². The lowest BCUT2D eigenvalue weighted by Crippen LogP contribution is -2.59. The normalized spacial score (nSPS) is 23.0. The van der Waals surface area contributed by atoms with Gasteiger partial charge in [-0.05, 0) is 68.2 Å². The molecule has 0 spiro atoms. The van der Waals surface area contributed by atoms with Crippen LogP contribution in [0.25, 0.3) is 11.1 Å². The Morgan fingerprint density at radius 3 is 2.14 bits per heavy atom. The summed E-state index contributed by atoms with van der Waals surface area (Å²) >= 11 is 0. The maximum Gasteiger partial charge on any atom is 0.410 e. The van der Waals surface area contributed by atoms with Gasteiger partial charge in [0, 0.05) is 12.5 Å². The molecule has 1 N–H and O–H groups in total. The molecule has 2 heterocycles. The number of morpholine rings is 1. The van der Waals surface area contributed by atoms with E-state index in [1.54, 1.807) is 0 Å². The van der Waals surface area contributed by atoms with Gasteiger partial charge in [-0.3, -0.25) is 4.90 Å². The average Bonchev–Trinajstić information content (AvgIpc) is 3.14. The first-order chi connectivity index (χ1) is 17.3. The van der Waals surface area contributed by atoms with Crippen LogP contribution in [-0.2, 0) is 14.2 Å². The van der Waals surface area contributed by atoms with Crippen LogP contribution < -0.4 is 5.32 Å². The predicted molar refractivity (Wildman–Crippen MR) is 137 cm³/mol. The fourth-order valence-corrected chi connectivity index (χ4v) is 5.92. The van der Waals surface area contributed by atoms with Crippen LogP contribution in [0.5, 0.6) is 0 Å². The summed E-state index contributed by atoms with van der Waals surface area (Å²) in [5, 5.41) is 2.86. The highest BCUT2D eigenvalue weighted by Crippen LogP contribution is 2.44. The zero-order chi connectivity index (χ0) is 25.3. The summed E-state index contributed by atoms with van der Waals surface area (Å²) in [6, 6.07) is 16.7. The van der Waals surface area contributed by atoms with Crippen molar-refractivity contribution in [1.82, 2.24) is 10.2 Å². The Labute approximate surface area is 213 Å². The molecular formula is C29H36N2O5. The number of rotatable bonds is 5. The summed E-state index contributed by atoms with van der Waals surface area (Å²) in [6.45, 7) is 7.50. The van der Waals surface area contributed by atoms with E-state index in [9.17, 15) is 9.59 Å². The van der Waals surface area contributed by atoms with Crippen LogP contribution in [0.1, 0.15) is 57.1 Å². The quantitative estimate of drug-likeness (QED) is 0.611. The molecule has 3 aliphatic rings. The van der Waals surface area contributed by atoms with E-state index in [0.717, 1.165) is 19.3 Å². The number of hydrogen-bond donors (Lipinski definition) is 1. The Bertz CT molecular complexity index is 1050. The lowest BCUT2D eigenvalue weighted by atomic mass is 9.83. The Balaban J connectivity index is 1.17. The number of nitrogens with one attached hydrogen (secondary N) is 1. The van der Waals surface area contributed by atoms with E-state index in [1.807, 2.05) is 37.8 Å². The number of nitrogens with zero attached hydrogens (tertiary/aromatic N) is 1. The van der Waals surface area contributed by atoms with Gasteiger partial charge >= 0.3 is 12.2 Å². The van der Waals surface area contributed by atoms with Crippen LogP contribution in [0, 0.1) is 5.92 Å². The third-order valence-electron chi connectivity index (χ3n) is 7.39. The summed E-state index contributed by atoms with van der Waals surface area (Å²) in [7, 11) is 0. The molecule has 2 aromatic rings. The van der Waals surface area contributed by atoms with Gasteiger partial charge in [0.25, 0.3) is 0 Å². The van der Waals surface area contributed by atoms with Crippen molar-refractivity contribution in [2.75, 3.05) is 26.4 Å². The number of amides is 2. The number of carbonyl (C=O) groups excluding carboxylic acids is 2. The molecule has 0 aromatic heterocycles. The van der Waals surface area contributed by atoms with Gasteiger partial charge in [0.2, 0.25) is 0 Å². The van der Waals surface area contributed by atoms with Crippen molar-refractivity contribution in [2.45, 2.75) is 63.6 Å². The first-order valence-corrected chi connectivity index (χ1v) is 13.0. The standard InChI is InChI=1S/C29H36N2O5/c1-29(2,3)36-27(32)30-13-12-19-14-20-16-34-17-21(15-19)31(20)28(33)35-18-26-24-10-6-4-8-22(24)23-9-5-7-11-25(23)26/h4-11,19-21,26H,12-18H2,1-3H3,(H,30,32). The minimum absolute atomic E-state index is 0.000299. The maximum absolute atomic E-state index is 13.3. The number of benzene rings is 2. The number of alkyl carbamates (subject to hydrolysis) is 1. The van der Waals surface area contributed by atoms with Gasteiger partial charge in [0.1, 0.15) is 12.2 Å². The van der Waals surface area contributed by atoms with Gasteiger partial charge in [0.15, 0.2) is 0 Å². The molecule has 2 unspecified atom stereocenters. The van der Waals surface area contributed by atoms with Crippen molar-refractivity contribution >= 4 is 12.2 Å². The van der Waals surface area contributed by atoms with E-state index in [0.29, 0.717) is 32.3 Å². The molecule has 0 saturated carbocycles. The van der Waals surface area contributed by atoms with Crippen molar-refractivity contribution in [3.8, 4) is 11.1 Å². The lowest BCUT2D eigenvalue weighted by molar-refractivity contribution is -0.0793. The third-order valence-corrected chi connectivity index (χ3v) is 7.39. The van der Waals surface area contributed by atoms with Crippen molar-refractivity contribution in [3.63, 3.8) is 0 Å². The first kappa shape index (κ1) is 24.6. The molecule has 2 aromatic carbocycles. The number of fused-ring (bicyclic) bond motifs is 5. The van der Waals surface area contributed by atoms with Gasteiger partial charge in [-0.1, -0.05) is 48.5 Å². The van der Waals surface area contributed by atoms with Gasteiger partial charge in [-0.25, -0.2) is 9.59 Å². The molecule has 1 aliphatic carbocycles. The van der Waals surface area contributed by atoms with Gasteiger partial charge in [0.05, 0.1) is 25.3 Å². The number of piperidine rings is 1. The Morgan fingerprint density at radius 2 is 1.56 bits per heavy atom. The van der Waals surface area contributed by atoms with Crippen LogP contribution in [0.15, 0.2) is 48.5 Å². The molecule has 36 heavy (non-hydrogen) atoms. The number of hydrogen-bond acceptors (Lipinski definition) is 5. The second-order valence-corrected chi connectivity index (χ2v) is 11.1. The van der Waals surface area contributed by atoms with Crippen molar-refractivity contribution < 1.29 is 23.8 Å². The molecular weight excluding hydrogens is 456 g/mol. The SMILES string of the molecule is CC(C)(C)OC(=O)NCCC1CC2COCC(C1)N2C(=O)OCC1c2ccccc2-c2ccccc21. The highest BCUT2D eigenvalue weighted by Gasteiger charge is 2.42. The fourth-order valence-electron chi connectivity index (χ4n) is 5.92. The molecule has 2 amide bonds. The second-order valence-electron chi connectivity index (χ2n) is 11.1. The molecule has 7 heteroatoms. The zero-order valence-electron chi connectivity index (χ0n) is 21.4. The van der Waals surface area contributed by atoms with Crippen LogP contribution in [0.4, 0.5) is 9.59 Å². The molecule has 2 fully saturated rings. The highest BCUT2D eigenvalue weighted by molar-refractivity contribution is 5.79. The summed E-state index contributed by atoms with van der Waals surface area (Å²) in [5.74, 6) is 0.463. The van der Waals surface area contributed by atoms with E-state index < -0.39 is 5.60 Å². The minimum atomic E-state index is -0.507. The smallest absolute Gasteiger partial charge is 0.410 e. The Hall–Kier alpha value is -3.06. The van der Waals surface area contributed by atoms with Gasteiger partial charge in [-0.2, -0.15) is 0 Å². The van der Waals surface area contributed by atoms with E-state index >= 15 is 0 Å². The summed E-state index contributed by atoms with van der Waals surface area (Å²) in [6.07, 6.45) is 1.90. The Morgan fingerprint density at radius 1 is 0.972 bits per heavy atom. The molecule has 2 bridgehead atoms. The maximum atomic E-state index is 13.3. The molecule has 5 rings (SSSR count). The second kappa shape index (κ2) is 10.1. The molecule has 192 valence electrons. The topological polar surface area (TPSA) is 77.1 Å². The van der Waals surface area contributed by atoms with Crippen molar-refractivity contribution in [1.29, 1.82) is 0 Å². The van der Waals surface area contributed by atoms with Crippen molar-refractivity contribution in [2.24, 2.45) is 5.92 Å². The Kier molecular flexibility index (Phi) is 6.93. The van der Waals surface area contributed by atoms with Gasteiger partial charge < -0.3 is 19.5 Å². The predicted octanol–water partition coefficient (Wildman–Crippen LogP) is 5.33. The van der Waals surface area contributed by atoms with Crippen LogP contribution in [0.2, 0.25) is 0 Å². The minimum Gasteiger partial charge on any atom is -0.448 e. The summed E-state index contributed by atoms with van der Waals surface area (Å²) < 4.78 is 17.1. The molecule has 2 saturated heterocycles. The highest BCUT2D eigenvalue weighted by atomic mass is 16.6. The molecule has 0 radical (unpaired) electrons.